The van der Waals surface area contributed by atoms with Crippen molar-refractivity contribution in [2.45, 2.75) is 17.3 Å². The minimum absolute atomic E-state index is 0.279. The number of rotatable bonds is 6. The molecule has 6 nitrogen and oxygen atoms in total. The molecule has 4 rings (SSSR count). The molecule has 2 aromatic carbocycles. The predicted octanol–water partition coefficient (Wildman–Crippen LogP) is 4.43. The summed E-state index contributed by atoms with van der Waals surface area (Å²) in [6.07, 6.45) is -4.73. The molecule has 0 spiro atoms. The maximum Gasteiger partial charge on any atom is 0.573 e. The maximum atomic E-state index is 13.9. The molecule has 11 heteroatoms. The van der Waals surface area contributed by atoms with Crippen molar-refractivity contribution in [2.75, 3.05) is 31.2 Å². The highest BCUT2D eigenvalue weighted by Crippen LogP contribution is 2.30. The zero-order chi connectivity index (χ0) is 21.8. The number of benzene rings is 2. The second kappa shape index (κ2) is 9.15. The van der Waals surface area contributed by atoms with Crippen LogP contribution in [-0.4, -0.2) is 47.4 Å². The summed E-state index contributed by atoms with van der Waals surface area (Å²) in [5.41, 5.74) is 1.36. The smallest absolute Gasteiger partial charge is 0.406 e. The molecule has 1 saturated heterocycles. The highest BCUT2D eigenvalue weighted by molar-refractivity contribution is 7.98. The molecule has 0 N–H and O–H groups in total. The number of ether oxygens (including phenoxy) is 2. The van der Waals surface area contributed by atoms with Gasteiger partial charge in [-0.15, -0.1) is 23.4 Å². The first-order valence-corrected chi connectivity index (χ1v) is 10.4. The van der Waals surface area contributed by atoms with Gasteiger partial charge in [0, 0.05) is 18.8 Å². The monoisotopic (exact) mass is 454 g/mol. The Morgan fingerprint density at radius 1 is 1.03 bits per heavy atom. The van der Waals surface area contributed by atoms with Gasteiger partial charge in [0.05, 0.1) is 18.9 Å². The molecule has 1 aliphatic heterocycles. The number of alkyl halides is 3. The van der Waals surface area contributed by atoms with Crippen molar-refractivity contribution in [3.63, 3.8) is 0 Å². The van der Waals surface area contributed by atoms with Gasteiger partial charge < -0.3 is 14.4 Å². The molecule has 2 heterocycles. The average molecular weight is 454 g/mol. The van der Waals surface area contributed by atoms with Crippen LogP contribution in [0.2, 0.25) is 0 Å². The molecule has 0 unspecified atom stereocenters. The van der Waals surface area contributed by atoms with Crippen LogP contribution in [0.25, 0.3) is 5.69 Å². The van der Waals surface area contributed by atoms with Gasteiger partial charge in [0.15, 0.2) is 5.16 Å². The summed E-state index contributed by atoms with van der Waals surface area (Å²) in [4.78, 5) is 2.02. The van der Waals surface area contributed by atoms with Gasteiger partial charge in [0.25, 0.3) is 0 Å². The first-order chi connectivity index (χ1) is 14.9. The van der Waals surface area contributed by atoms with Crippen molar-refractivity contribution in [1.82, 2.24) is 14.8 Å². The summed E-state index contributed by atoms with van der Waals surface area (Å²) < 4.78 is 61.9. The quantitative estimate of drug-likeness (QED) is 0.406. The summed E-state index contributed by atoms with van der Waals surface area (Å²) in [6.45, 7) is 2.40. The third kappa shape index (κ3) is 5.47. The topological polar surface area (TPSA) is 52.4 Å². The van der Waals surface area contributed by atoms with Gasteiger partial charge in [-0.3, -0.25) is 4.57 Å². The van der Waals surface area contributed by atoms with Crippen molar-refractivity contribution < 1.29 is 27.0 Å². The highest BCUT2D eigenvalue weighted by Gasteiger charge is 2.31. The Hall–Kier alpha value is -2.79. The number of hydrogen-bond donors (Lipinski definition) is 0. The van der Waals surface area contributed by atoms with E-state index >= 15 is 0 Å². The van der Waals surface area contributed by atoms with E-state index in [2.05, 4.69) is 14.9 Å². The van der Waals surface area contributed by atoms with Gasteiger partial charge in [0.1, 0.15) is 11.6 Å². The van der Waals surface area contributed by atoms with E-state index in [0.29, 0.717) is 48.8 Å². The number of anilines is 1. The van der Waals surface area contributed by atoms with Crippen LogP contribution in [0, 0.1) is 5.82 Å². The molecule has 0 aliphatic carbocycles. The maximum absolute atomic E-state index is 13.9. The van der Waals surface area contributed by atoms with Crippen LogP contribution in [0.4, 0.5) is 23.5 Å². The molecule has 1 aliphatic rings. The Labute approximate surface area is 179 Å². The van der Waals surface area contributed by atoms with Crippen LogP contribution >= 0.6 is 11.8 Å². The zero-order valence-corrected chi connectivity index (χ0v) is 17.0. The third-order valence-electron chi connectivity index (χ3n) is 4.50. The van der Waals surface area contributed by atoms with Gasteiger partial charge in [-0.2, -0.15) is 0 Å². The van der Waals surface area contributed by atoms with Crippen LogP contribution in [0.5, 0.6) is 5.75 Å². The molecule has 0 bridgehead atoms. The molecule has 1 fully saturated rings. The molecule has 0 atom stereocenters. The van der Waals surface area contributed by atoms with E-state index in [9.17, 15) is 17.6 Å². The Kier molecular flexibility index (Phi) is 6.33. The number of halogens is 4. The Morgan fingerprint density at radius 3 is 2.45 bits per heavy atom. The second-order valence-electron chi connectivity index (χ2n) is 6.68. The average Bonchev–Trinajstić information content (AvgIpc) is 3.17. The standard InChI is InChI=1S/C20H18F4N4O2S/c21-15-2-1-3-16(12-15)28-18(27-8-10-29-11-9-27)25-26-19(28)31-13-14-4-6-17(7-5-14)30-20(22,23)24/h1-7,12H,8-11,13H2. The minimum atomic E-state index is -4.73. The summed E-state index contributed by atoms with van der Waals surface area (Å²) >= 11 is 1.35. The SMILES string of the molecule is Fc1cccc(-n2c(SCc3ccc(OC(F)(F)F)cc3)nnc2N2CCOCC2)c1. The molecular weight excluding hydrogens is 436 g/mol. The Bertz CT molecular complexity index is 1020. The van der Waals surface area contributed by atoms with Crippen molar-refractivity contribution in [3.05, 3.63) is 59.9 Å². The number of aromatic nitrogens is 3. The van der Waals surface area contributed by atoms with Gasteiger partial charge in [-0.05, 0) is 35.9 Å². The fraction of sp³-hybridized carbons (Fsp3) is 0.300. The molecule has 1 aromatic heterocycles. The van der Waals surface area contributed by atoms with Crippen molar-refractivity contribution in [3.8, 4) is 11.4 Å². The largest absolute Gasteiger partial charge is 0.573 e. The lowest BCUT2D eigenvalue weighted by atomic mass is 10.2. The van der Waals surface area contributed by atoms with Gasteiger partial charge in [0.2, 0.25) is 5.95 Å². The number of thioether (sulfide) groups is 1. The molecular formula is C20H18F4N4O2S. The van der Waals surface area contributed by atoms with Crippen molar-refractivity contribution in [2.24, 2.45) is 0 Å². The molecule has 3 aromatic rings. The second-order valence-corrected chi connectivity index (χ2v) is 7.62. The molecule has 0 saturated carbocycles. The minimum Gasteiger partial charge on any atom is -0.406 e. The van der Waals surface area contributed by atoms with E-state index < -0.39 is 6.36 Å². The van der Waals surface area contributed by atoms with Crippen molar-refractivity contribution >= 4 is 17.7 Å². The van der Waals surface area contributed by atoms with Crippen LogP contribution in [-0.2, 0) is 10.5 Å². The Morgan fingerprint density at radius 2 is 1.77 bits per heavy atom. The lowest BCUT2D eigenvalue weighted by Crippen LogP contribution is -2.37. The number of nitrogens with zero attached hydrogens (tertiary/aromatic N) is 4. The van der Waals surface area contributed by atoms with E-state index in [0.717, 1.165) is 5.56 Å². The highest BCUT2D eigenvalue weighted by atomic mass is 32.2. The lowest BCUT2D eigenvalue weighted by molar-refractivity contribution is -0.274. The van der Waals surface area contributed by atoms with E-state index in [1.54, 1.807) is 28.8 Å². The first-order valence-electron chi connectivity index (χ1n) is 9.40. The normalized spacial score (nSPS) is 14.6. The van der Waals surface area contributed by atoms with E-state index in [1.807, 2.05) is 4.90 Å². The third-order valence-corrected chi connectivity index (χ3v) is 5.50. The fourth-order valence-electron chi connectivity index (χ4n) is 3.10. The summed E-state index contributed by atoms with van der Waals surface area (Å²) in [6, 6.07) is 11.8. The van der Waals surface area contributed by atoms with E-state index in [-0.39, 0.29) is 11.6 Å². The lowest BCUT2D eigenvalue weighted by Gasteiger charge is -2.27. The van der Waals surface area contributed by atoms with Crippen LogP contribution in [0.15, 0.2) is 53.7 Å². The van der Waals surface area contributed by atoms with Gasteiger partial charge >= 0.3 is 6.36 Å². The van der Waals surface area contributed by atoms with E-state index in [4.69, 9.17) is 4.74 Å². The molecule has 164 valence electrons. The zero-order valence-electron chi connectivity index (χ0n) is 16.2. The fourth-order valence-corrected chi connectivity index (χ4v) is 4.00. The van der Waals surface area contributed by atoms with Gasteiger partial charge in [-0.25, -0.2) is 4.39 Å². The predicted molar refractivity (Wildman–Crippen MR) is 107 cm³/mol. The first kappa shape index (κ1) is 21.4. The molecule has 0 radical (unpaired) electrons. The van der Waals surface area contributed by atoms with Crippen molar-refractivity contribution in [1.29, 1.82) is 0 Å². The summed E-state index contributed by atoms with van der Waals surface area (Å²) in [5.74, 6) is 0.363. The number of hydrogen-bond acceptors (Lipinski definition) is 6. The van der Waals surface area contributed by atoms with Gasteiger partial charge in [-0.1, -0.05) is 30.0 Å². The summed E-state index contributed by atoms with van der Waals surface area (Å²) in [5, 5.41) is 9.13. The van der Waals surface area contributed by atoms with Crippen LogP contribution in [0.1, 0.15) is 5.56 Å². The number of morpholine rings is 1. The Balaban J connectivity index is 1.56. The molecule has 31 heavy (non-hydrogen) atoms. The van der Waals surface area contributed by atoms with E-state index in [1.165, 1.54) is 36.0 Å². The van der Waals surface area contributed by atoms with Crippen LogP contribution < -0.4 is 9.64 Å². The molecule has 0 amide bonds. The van der Waals surface area contributed by atoms with Crippen LogP contribution in [0.3, 0.4) is 0 Å². The summed E-state index contributed by atoms with van der Waals surface area (Å²) in [7, 11) is 0.